The van der Waals surface area contributed by atoms with Gasteiger partial charge < -0.3 is 0 Å². The van der Waals surface area contributed by atoms with Crippen LogP contribution < -0.4 is 0 Å². The second-order valence-corrected chi connectivity index (χ2v) is 5.80. The Kier molecular flexibility index (Phi) is 3.50. The van der Waals surface area contributed by atoms with E-state index in [0.717, 1.165) is 44.9 Å². The zero-order valence-electron chi connectivity index (χ0n) is 10.7. The molecule has 0 aromatic rings. The summed E-state index contributed by atoms with van der Waals surface area (Å²) in [6, 6.07) is 0. The third-order valence-electron chi connectivity index (χ3n) is 4.55. The van der Waals surface area contributed by atoms with Crippen LogP contribution in [0.3, 0.4) is 0 Å². The van der Waals surface area contributed by atoms with E-state index in [9.17, 15) is 9.59 Å². The van der Waals surface area contributed by atoms with E-state index in [-0.39, 0.29) is 28.8 Å². The molecule has 0 N–H and O–H groups in total. The molecule has 2 rings (SSSR count). The molecule has 2 bridgehead atoms. The first-order valence-electron chi connectivity index (χ1n) is 6.80. The minimum atomic E-state index is -0.306. The highest BCUT2D eigenvalue weighted by atomic mass is 16.2. The molecular weight excluding hydrogens is 212 g/mol. The molecule has 2 aliphatic rings. The largest absolute Gasteiger partial charge is 0.299 e. The quantitative estimate of drug-likeness (QED) is 0.542. The highest BCUT2D eigenvalue weighted by Gasteiger charge is 2.50. The molecule has 0 radical (unpaired) electrons. The number of allylic oxidation sites excluding steroid dienone is 1. The number of carbonyl (C=O) groups excluding carboxylic acids is 2. The predicted molar refractivity (Wildman–Crippen MR) is 67.6 cm³/mol. The standard InChI is InChI=1S/C15H22O2/c1-3-8-15-9-6-4-5-7-12(14(15)17)13(16)11(2)10-15/h3,11-12H,1,4-10H2,2H3. The normalized spacial score (nSPS) is 38.4. The lowest BCUT2D eigenvalue weighted by Gasteiger charge is -2.42. The summed E-state index contributed by atoms with van der Waals surface area (Å²) in [6.45, 7) is 5.78. The van der Waals surface area contributed by atoms with Crippen LogP contribution in [0.4, 0.5) is 0 Å². The van der Waals surface area contributed by atoms with Gasteiger partial charge in [0, 0.05) is 11.3 Å². The van der Waals surface area contributed by atoms with Gasteiger partial charge in [-0.15, -0.1) is 6.58 Å². The third kappa shape index (κ3) is 2.10. The summed E-state index contributed by atoms with van der Waals surface area (Å²) in [5.74, 6) is 0.159. The minimum Gasteiger partial charge on any atom is -0.299 e. The first-order chi connectivity index (χ1) is 8.10. The Balaban J connectivity index is 2.35. The molecule has 0 aliphatic heterocycles. The van der Waals surface area contributed by atoms with Crippen LogP contribution >= 0.6 is 0 Å². The van der Waals surface area contributed by atoms with Crippen LogP contribution in [0.2, 0.25) is 0 Å². The van der Waals surface area contributed by atoms with Gasteiger partial charge in [0.05, 0.1) is 5.92 Å². The average molecular weight is 234 g/mol. The summed E-state index contributed by atoms with van der Waals surface area (Å²) in [7, 11) is 0. The highest BCUT2D eigenvalue weighted by Crippen LogP contribution is 2.46. The molecule has 0 spiro atoms. The highest BCUT2D eigenvalue weighted by molar-refractivity contribution is 6.08. The molecule has 2 nitrogen and oxygen atoms in total. The van der Waals surface area contributed by atoms with Crippen LogP contribution in [0.15, 0.2) is 12.7 Å². The Labute approximate surface area is 103 Å². The number of carbonyl (C=O) groups is 2. The maximum Gasteiger partial charge on any atom is 0.149 e. The Hall–Kier alpha value is -0.920. The van der Waals surface area contributed by atoms with Crippen molar-refractivity contribution < 1.29 is 9.59 Å². The predicted octanol–water partition coefficient (Wildman–Crippen LogP) is 3.31. The Morgan fingerprint density at radius 1 is 1.35 bits per heavy atom. The summed E-state index contributed by atoms with van der Waals surface area (Å²) in [5.41, 5.74) is -0.264. The maximum atomic E-state index is 12.6. The number of Topliss-reactive ketones (excluding diaryl/α,β-unsaturated/α-hetero) is 2. The van der Waals surface area contributed by atoms with E-state index in [0.29, 0.717) is 0 Å². The smallest absolute Gasteiger partial charge is 0.149 e. The molecule has 2 heteroatoms. The third-order valence-corrected chi connectivity index (χ3v) is 4.55. The summed E-state index contributed by atoms with van der Waals surface area (Å²) in [5, 5.41) is 0. The lowest BCUT2D eigenvalue weighted by Crippen LogP contribution is -2.48. The molecule has 94 valence electrons. The first kappa shape index (κ1) is 12.5. The molecule has 0 aromatic heterocycles. The zero-order valence-corrected chi connectivity index (χ0v) is 10.7. The van der Waals surface area contributed by atoms with Crippen LogP contribution in [0, 0.1) is 17.3 Å². The fourth-order valence-electron chi connectivity index (χ4n) is 3.68. The van der Waals surface area contributed by atoms with Crippen molar-refractivity contribution in [3.63, 3.8) is 0 Å². The summed E-state index contributed by atoms with van der Waals surface area (Å²) in [6.07, 6.45) is 8.38. The lowest BCUT2D eigenvalue weighted by atomic mass is 9.59. The van der Waals surface area contributed by atoms with Gasteiger partial charge in [0.25, 0.3) is 0 Å². The number of rotatable bonds is 2. The van der Waals surface area contributed by atoms with Gasteiger partial charge in [0.1, 0.15) is 11.6 Å². The van der Waals surface area contributed by atoms with E-state index in [1.807, 2.05) is 13.0 Å². The van der Waals surface area contributed by atoms with Crippen LogP contribution in [0.5, 0.6) is 0 Å². The van der Waals surface area contributed by atoms with Crippen molar-refractivity contribution in [2.75, 3.05) is 0 Å². The molecule has 2 fully saturated rings. The Morgan fingerprint density at radius 3 is 2.82 bits per heavy atom. The SMILES string of the molecule is C=CCC12CCCCCC(C(=O)C(C)C1)C2=O. The number of fused-ring (bicyclic) bond motifs is 2. The molecule has 17 heavy (non-hydrogen) atoms. The van der Waals surface area contributed by atoms with Gasteiger partial charge in [0.15, 0.2) is 0 Å². The second kappa shape index (κ2) is 4.75. The van der Waals surface area contributed by atoms with Gasteiger partial charge in [-0.2, -0.15) is 0 Å². The Morgan fingerprint density at radius 2 is 2.12 bits per heavy atom. The van der Waals surface area contributed by atoms with Gasteiger partial charge in [-0.05, 0) is 25.7 Å². The van der Waals surface area contributed by atoms with E-state index in [1.54, 1.807) is 0 Å². The van der Waals surface area contributed by atoms with E-state index in [1.165, 1.54) is 0 Å². The molecule has 3 atom stereocenters. The number of hydrogen-bond acceptors (Lipinski definition) is 2. The number of ketones is 2. The second-order valence-electron chi connectivity index (χ2n) is 5.80. The zero-order chi connectivity index (χ0) is 12.5. The molecule has 3 unspecified atom stereocenters. The van der Waals surface area contributed by atoms with Crippen LogP contribution in [-0.2, 0) is 9.59 Å². The van der Waals surface area contributed by atoms with E-state index in [4.69, 9.17) is 0 Å². The fourth-order valence-corrected chi connectivity index (χ4v) is 3.68. The van der Waals surface area contributed by atoms with Crippen LogP contribution in [0.1, 0.15) is 51.9 Å². The van der Waals surface area contributed by atoms with Crippen molar-refractivity contribution in [3.8, 4) is 0 Å². The van der Waals surface area contributed by atoms with Crippen molar-refractivity contribution >= 4 is 11.6 Å². The average Bonchev–Trinajstić information content (AvgIpc) is 2.29. The lowest BCUT2D eigenvalue weighted by molar-refractivity contribution is -0.149. The summed E-state index contributed by atoms with van der Waals surface area (Å²) >= 11 is 0. The van der Waals surface area contributed by atoms with Gasteiger partial charge in [-0.1, -0.05) is 32.3 Å². The molecule has 0 amide bonds. The van der Waals surface area contributed by atoms with Crippen molar-refractivity contribution in [2.45, 2.75) is 51.9 Å². The number of hydrogen-bond donors (Lipinski definition) is 0. The van der Waals surface area contributed by atoms with Crippen molar-refractivity contribution in [1.29, 1.82) is 0 Å². The monoisotopic (exact) mass is 234 g/mol. The Bertz CT molecular complexity index is 345. The molecule has 2 aliphatic carbocycles. The van der Waals surface area contributed by atoms with Crippen molar-refractivity contribution in [1.82, 2.24) is 0 Å². The first-order valence-corrected chi connectivity index (χ1v) is 6.80. The van der Waals surface area contributed by atoms with Crippen LogP contribution in [-0.4, -0.2) is 11.6 Å². The van der Waals surface area contributed by atoms with E-state index in [2.05, 4.69) is 6.58 Å². The molecule has 0 heterocycles. The summed E-state index contributed by atoms with van der Waals surface area (Å²) in [4.78, 5) is 24.7. The minimum absolute atomic E-state index is 0.0516. The maximum absolute atomic E-state index is 12.6. The molecular formula is C15H22O2. The molecule has 0 aromatic carbocycles. The summed E-state index contributed by atoms with van der Waals surface area (Å²) < 4.78 is 0. The molecule has 0 saturated heterocycles. The van der Waals surface area contributed by atoms with Gasteiger partial charge >= 0.3 is 0 Å². The van der Waals surface area contributed by atoms with E-state index < -0.39 is 0 Å². The van der Waals surface area contributed by atoms with E-state index >= 15 is 0 Å². The van der Waals surface area contributed by atoms with Crippen molar-refractivity contribution in [3.05, 3.63) is 12.7 Å². The molecule has 2 saturated carbocycles. The topological polar surface area (TPSA) is 34.1 Å². The van der Waals surface area contributed by atoms with Gasteiger partial charge in [0.2, 0.25) is 0 Å². The van der Waals surface area contributed by atoms with Crippen molar-refractivity contribution in [2.24, 2.45) is 17.3 Å². The fraction of sp³-hybridized carbons (Fsp3) is 0.733. The van der Waals surface area contributed by atoms with Gasteiger partial charge in [-0.25, -0.2) is 0 Å². The van der Waals surface area contributed by atoms with Gasteiger partial charge in [-0.3, -0.25) is 9.59 Å². The van der Waals surface area contributed by atoms with Crippen LogP contribution in [0.25, 0.3) is 0 Å².